The molecule has 1 aliphatic carbocycles. The summed E-state index contributed by atoms with van der Waals surface area (Å²) in [5.41, 5.74) is 1.57. The second-order valence-corrected chi connectivity index (χ2v) is 5.81. The van der Waals surface area contributed by atoms with Gasteiger partial charge in [-0.05, 0) is 49.3 Å². The Morgan fingerprint density at radius 2 is 2.13 bits per heavy atom. The highest BCUT2D eigenvalue weighted by Gasteiger charge is 2.20. The number of halogens is 2. The van der Waals surface area contributed by atoms with Gasteiger partial charge in [-0.3, -0.25) is 4.99 Å². The second kappa shape index (κ2) is 10.8. The number of nitrogens with one attached hydrogen (secondary N) is 2. The van der Waals surface area contributed by atoms with Crippen molar-refractivity contribution in [2.45, 2.75) is 32.7 Å². The molecule has 0 amide bonds. The zero-order valence-corrected chi connectivity index (χ0v) is 16.2. The molecule has 2 rings (SSSR count). The Labute approximate surface area is 155 Å². The van der Waals surface area contributed by atoms with Gasteiger partial charge < -0.3 is 15.4 Å². The molecule has 0 radical (unpaired) electrons. The van der Waals surface area contributed by atoms with E-state index in [1.807, 2.05) is 6.07 Å². The topological polar surface area (TPSA) is 45.7 Å². The van der Waals surface area contributed by atoms with Crippen molar-refractivity contribution >= 4 is 29.9 Å². The lowest BCUT2D eigenvalue weighted by atomic mass is 10.1. The lowest BCUT2D eigenvalue weighted by molar-refractivity contribution is 0.123. The Hall–Kier alpha value is -0.890. The largest absolute Gasteiger partial charge is 0.381 e. The molecular formula is C17H27FIN3O. The molecule has 23 heavy (non-hydrogen) atoms. The zero-order chi connectivity index (χ0) is 15.8. The normalized spacial score (nSPS) is 14.3. The van der Waals surface area contributed by atoms with E-state index in [0.29, 0.717) is 12.1 Å². The molecule has 0 heterocycles. The predicted octanol–water partition coefficient (Wildman–Crippen LogP) is 3.23. The molecule has 0 aromatic heterocycles. The third kappa shape index (κ3) is 7.97. The third-order valence-corrected chi connectivity index (χ3v) is 3.73. The number of hydrogen-bond donors (Lipinski definition) is 2. The minimum Gasteiger partial charge on any atom is -0.381 e. The molecule has 0 saturated heterocycles. The molecule has 1 saturated carbocycles. The minimum absolute atomic E-state index is 0. The highest BCUT2D eigenvalue weighted by molar-refractivity contribution is 14.0. The lowest BCUT2D eigenvalue weighted by Gasteiger charge is -2.12. The molecule has 6 heteroatoms. The highest BCUT2D eigenvalue weighted by atomic mass is 127. The van der Waals surface area contributed by atoms with Crippen molar-refractivity contribution in [1.29, 1.82) is 0 Å². The Balaban J connectivity index is 0.00000264. The van der Waals surface area contributed by atoms with Crippen molar-refractivity contribution in [3.05, 3.63) is 35.1 Å². The zero-order valence-electron chi connectivity index (χ0n) is 13.9. The first-order valence-corrected chi connectivity index (χ1v) is 7.96. The van der Waals surface area contributed by atoms with Crippen LogP contribution in [0.15, 0.2) is 23.2 Å². The molecule has 0 aliphatic heterocycles. The molecule has 130 valence electrons. The molecule has 4 nitrogen and oxygen atoms in total. The monoisotopic (exact) mass is 435 g/mol. The summed E-state index contributed by atoms with van der Waals surface area (Å²) >= 11 is 0. The van der Waals surface area contributed by atoms with Gasteiger partial charge in [-0.25, -0.2) is 4.39 Å². The maximum absolute atomic E-state index is 13.5. The maximum atomic E-state index is 13.5. The van der Waals surface area contributed by atoms with Gasteiger partial charge in [-0.2, -0.15) is 0 Å². The Morgan fingerprint density at radius 3 is 2.78 bits per heavy atom. The molecule has 1 aromatic rings. The van der Waals surface area contributed by atoms with Crippen molar-refractivity contribution in [2.75, 3.05) is 26.8 Å². The summed E-state index contributed by atoms with van der Waals surface area (Å²) in [7, 11) is 1.73. The standard InChI is InChI=1S/C17H26FN3O.HI/c1-13-4-5-15(10-16(13)18)11-21-17(19-2)20-8-3-9-22-12-14-6-7-14;/h4-5,10,14H,3,6-9,11-12H2,1-2H3,(H2,19,20,21);1H. The van der Waals surface area contributed by atoms with Gasteiger partial charge in [-0.15, -0.1) is 24.0 Å². The van der Waals surface area contributed by atoms with Crippen molar-refractivity contribution in [3.63, 3.8) is 0 Å². The van der Waals surface area contributed by atoms with Gasteiger partial charge in [-0.1, -0.05) is 12.1 Å². The van der Waals surface area contributed by atoms with Crippen LogP contribution in [-0.4, -0.2) is 32.8 Å². The Morgan fingerprint density at radius 1 is 1.35 bits per heavy atom. The number of nitrogens with zero attached hydrogens (tertiary/aromatic N) is 1. The van der Waals surface area contributed by atoms with Crippen LogP contribution in [0.1, 0.15) is 30.4 Å². The van der Waals surface area contributed by atoms with E-state index in [4.69, 9.17) is 4.74 Å². The van der Waals surface area contributed by atoms with Crippen LogP contribution in [0, 0.1) is 18.7 Å². The molecular weight excluding hydrogens is 408 g/mol. The first-order valence-electron chi connectivity index (χ1n) is 7.96. The number of guanidine groups is 1. The quantitative estimate of drug-likeness (QED) is 0.285. The van der Waals surface area contributed by atoms with Crippen LogP contribution in [0.2, 0.25) is 0 Å². The Kier molecular flexibility index (Phi) is 9.47. The van der Waals surface area contributed by atoms with Gasteiger partial charge in [0.15, 0.2) is 5.96 Å². The SMILES string of the molecule is CN=C(NCCCOCC1CC1)NCc1ccc(C)c(F)c1.I. The molecule has 0 atom stereocenters. The van der Waals surface area contributed by atoms with Crippen LogP contribution in [0.5, 0.6) is 0 Å². The maximum Gasteiger partial charge on any atom is 0.191 e. The van der Waals surface area contributed by atoms with Gasteiger partial charge in [0.2, 0.25) is 0 Å². The number of rotatable bonds is 8. The third-order valence-electron chi connectivity index (χ3n) is 3.73. The average molecular weight is 435 g/mol. The molecule has 1 aliphatic rings. The summed E-state index contributed by atoms with van der Waals surface area (Å²) in [4.78, 5) is 4.16. The van der Waals surface area contributed by atoms with E-state index < -0.39 is 0 Å². The van der Waals surface area contributed by atoms with Crippen LogP contribution < -0.4 is 10.6 Å². The van der Waals surface area contributed by atoms with E-state index in [9.17, 15) is 4.39 Å². The first-order chi connectivity index (χ1) is 10.7. The minimum atomic E-state index is -0.171. The van der Waals surface area contributed by atoms with Crippen molar-refractivity contribution < 1.29 is 9.13 Å². The summed E-state index contributed by atoms with van der Waals surface area (Å²) in [5, 5.41) is 6.42. The van der Waals surface area contributed by atoms with E-state index in [0.717, 1.165) is 43.6 Å². The highest BCUT2D eigenvalue weighted by Crippen LogP contribution is 2.28. The van der Waals surface area contributed by atoms with E-state index in [1.54, 1.807) is 26.1 Å². The smallest absolute Gasteiger partial charge is 0.191 e. The van der Waals surface area contributed by atoms with Crippen molar-refractivity contribution in [3.8, 4) is 0 Å². The number of aliphatic imine (C=N–C) groups is 1. The summed E-state index contributed by atoms with van der Waals surface area (Å²) in [6.45, 7) is 4.82. The van der Waals surface area contributed by atoms with Crippen LogP contribution in [-0.2, 0) is 11.3 Å². The average Bonchev–Trinajstić information content (AvgIpc) is 3.33. The predicted molar refractivity (Wildman–Crippen MR) is 103 cm³/mol. The molecule has 0 unspecified atom stereocenters. The van der Waals surface area contributed by atoms with E-state index in [-0.39, 0.29) is 29.8 Å². The lowest BCUT2D eigenvalue weighted by Crippen LogP contribution is -2.37. The number of benzene rings is 1. The van der Waals surface area contributed by atoms with Crippen molar-refractivity contribution in [2.24, 2.45) is 10.9 Å². The molecule has 1 aromatic carbocycles. The van der Waals surface area contributed by atoms with Gasteiger partial charge in [0.1, 0.15) is 5.82 Å². The van der Waals surface area contributed by atoms with Crippen LogP contribution >= 0.6 is 24.0 Å². The molecule has 0 bridgehead atoms. The molecule has 1 fully saturated rings. The van der Waals surface area contributed by atoms with Gasteiger partial charge >= 0.3 is 0 Å². The van der Waals surface area contributed by atoms with E-state index in [2.05, 4.69) is 15.6 Å². The molecule has 2 N–H and O–H groups in total. The fourth-order valence-corrected chi connectivity index (χ4v) is 2.07. The van der Waals surface area contributed by atoms with Gasteiger partial charge in [0.25, 0.3) is 0 Å². The summed E-state index contributed by atoms with van der Waals surface area (Å²) < 4.78 is 19.1. The molecule has 0 spiro atoms. The fraction of sp³-hybridized carbons (Fsp3) is 0.588. The van der Waals surface area contributed by atoms with Gasteiger partial charge in [0, 0.05) is 33.4 Å². The Bertz CT molecular complexity index is 507. The van der Waals surface area contributed by atoms with E-state index in [1.165, 1.54) is 12.8 Å². The number of aryl methyl sites for hydroxylation is 1. The van der Waals surface area contributed by atoms with Crippen LogP contribution in [0.4, 0.5) is 4.39 Å². The fourth-order valence-electron chi connectivity index (χ4n) is 2.07. The number of ether oxygens (including phenoxy) is 1. The summed E-state index contributed by atoms with van der Waals surface area (Å²) in [5.74, 6) is 1.37. The summed E-state index contributed by atoms with van der Waals surface area (Å²) in [6, 6.07) is 5.27. The summed E-state index contributed by atoms with van der Waals surface area (Å²) in [6.07, 6.45) is 3.61. The second-order valence-electron chi connectivity index (χ2n) is 5.81. The van der Waals surface area contributed by atoms with Gasteiger partial charge in [0.05, 0.1) is 0 Å². The van der Waals surface area contributed by atoms with Crippen molar-refractivity contribution in [1.82, 2.24) is 10.6 Å². The van der Waals surface area contributed by atoms with E-state index >= 15 is 0 Å². The number of hydrogen-bond acceptors (Lipinski definition) is 2. The van der Waals surface area contributed by atoms with Crippen LogP contribution in [0.3, 0.4) is 0 Å². The first kappa shape index (κ1) is 20.2. The van der Waals surface area contributed by atoms with Crippen LogP contribution in [0.25, 0.3) is 0 Å².